The van der Waals surface area contributed by atoms with E-state index in [2.05, 4.69) is 4.52 Å². The zero-order chi connectivity index (χ0) is 9.14. The van der Waals surface area contributed by atoms with E-state index >= 15 is 0 Å². The van der Waals surface area contributed by atoms with Crippen molar-refractivity contribution in [3.8, 4) is 0 Å². The summed E-state index contributed by atoms with van der Waals surface area (Å²) in [5.74, 6) is 0. The molecule has 1 rings (SSSR count). The SMILES string of the molecule is [3H][C@@H]1C[C@@H](O[P+](=O)[O-])[C@@H](CC)O1. The first-order valence-corrected chi connectivity index (χ1v) is 4.62. The first-order chi connectivity index (χ1) is 5.63. The minimum absolute atomic E-state index is 0.250. The molecule has 5 heteroatoms. The lowest BCUT2D eigenvalue weighted by molar-refractivity contribution is -0.190. The van der Waals surface area contributed by atoms with Gasteiger partial charge in [-0.3, -0.25) is 0 Å². The Kier molecular flexibility index (Phi) is 2.85. The summed E-state index contributed by atoms with van der Waals surface area (Å²) >= 11 is 0. The second-order valence-electron chi connectivity index (χ2n) is 2.35. The van der Waals surface area contributed by atoms with E-state index in [0.29, 0.717) is 12.8 Å². The van der Waals surface area contributed by atoms with Crippen molar-refractivity contribution in [1.82, 2.24) is 0 Å². The molecule has 11 heavy (non-hydrogen) atoms. The van der Waals surface area contributed by atoms with E-state index in [1.165, 1.54) is 0 Å². The quantitative estimate of drug-likeness (QED) is 0.596. The third-order valence-corrected chi connectivity index (χ3v) is 2.08. The first-order valence-electron chi connectivity index (χ1n) is 4.10. The second kappa shape index (κ2) is 4.12. The smallest absolute Gasteiger partial charge is 0.488 e. The molecule has 0 aromatic carbocycles. The van der Waals surface area contributed by atoms with Gasteiger partial charge in [0.1, 0.15) is 6.10 Å². The van der Waals surface area contributed by atoms with Crippen LogP contribution < -0.4 is 4.89 Å². The summed E-state index contributed by atoms with van der Waals surface area (Å²) < 4.78 is 27.2. The molecule has 64 valence electrons. The summed E-state index contributed by atoms with van der Waals surface area (Å²) in [5, 5.41) is 0. The summed E-state index contributed by atoms with van der Waals surface area (Å²) in [6.07, 6.45) is 0.296. The van der Waals surface area contributed by atoms with Gasteiger partial charge in [-0.1, -0.05) is 6.92 Å². The Morgan fingerprint density at radius 1 is 2.00 bits per heavy atom. The lowest BCUT2D eigenvalue weighted by Crippen LogP contribution is -2.22. The van der Waals surface area contributed by atoms with Gasteiger partial charge in [0.25, 0.3) is 0 Å². The molecule has 4 atom stereocenters. The fourth-order valence-corrected chi connectivity index (χ4v) is 1.54. The van der Waals surface area contributed by atoms with E-state index in [9.17, 15) is 9.46 Å². The van der Waals surface area contributed by atoms with Crippen molar-refractivity contribution < 1.29 is 20.1 Å². The van der Waals surface area contributed by atoms with Crippen molar-refractivity contribution >= 4 is 8.25 Å². The maximum absolute atomic E-state index is 10.2. The Bertz CT molecular complexity index is 177. The molecule has 1 aliphatic heterocycles. The summed E-state index contributed by atoms with van der Waals surface area (Å²) in [7, 11) is -2.83. The largest absolute Gasteiger partial charge is 0.566 e. The fraction of sp³-hybridized carbons (Fsp3) is 1.00. The van der Waals surface area contributed by atoms with Gasteiger partial charge in [0.2, 0.25) is 0 Å². The van der Waals surface area contributed by atoms with Crippen LogP contribution in [-0.4, -0.2) is 18.8 Å². The van der Waals surface area contributed by atoms with Crippen molar-refractivity contribution in [2.24, 2.45) is 0 Å². The molecule has 0 aliphatic carbocycles. The lowest BCUT2D eigenvalue weighted by Gasteiger charge is -2.10. The maximum atomic E-state index is 10.2. The molecular formula is C6H11O4P. The highest BCUT2D eigenvalue weighted by molar-refractivity contribution is 7.30. The number of rotatable bonds is 3. The molecule has 0 aromatic heterocycles. The molecule has 0 radical (unpaired) electrons. The van der Waals surface area contributed by atoms with E-state index in [1.54, 1.807) is 0 Å². The van der Waals surface area contributed by atoms with Crippen LogP contribution in [0.1, 0.15) is 21.1 Å². The molecule has 0 N–H and O–H groups in total. The average molecular weight is 180 g/mol. The van der Waals surface area contributed by atoms with E-state index in [-0.39, 0.29) is 6.10 Å². The Balaban J connectivity index is 2.46. The van der Waals surface area contributed by atoms with Crippen LogP contribution in [0.15, 0.2) is 0 Å². The molecule has 0 spiro atoms. The van der Waals surface area contributed by atoms with E-state index < -0.39 is 20.9 Å². The van der Waals surface area contributed by atoms with Gasteiger partial charge in [-0.2, -0.15) is 0 Å². The van der Waals surface area contributed by atoms with Crippen LogP contribution in [-0.2, 0) is 13.8 Å². The minimum Gasteiger partial charge on any atom is -0.566 e. The van der Waals surface area contributed by atoms with Crippen molar-refractivity contribution in [2.45, 2.75) is 32.0 Å². The lowest BCUT2D eigenvalue weighted by atomic mass is 10.1. The first kappa shape index (κ1) is 7.62. The highest BCUT2D eigenvalue weighted by atomic mass is 31.1. The highest BCUT2D eigenvalue weighted by Gasteiger charge is 2.32. The molecule has 0 saturated carbocycles. The van der Waals surface area contributed by atoms with E-state index in [4.69, 9.17) is 6.11 Å². The highest BCUT2D eigenvalue weighted by Crippen LogP contribution is 2.26. The number of hydrogen-bond acceptors (Lipinski definition) is 4. The summed E-state index contributed by atoms with van der Waals surface area (Å²) in [4.78, 5) is 10.2. The third kappa shape index (κ3) is 2.49. The number of ether oxygens (including phenoxy) is 1. The molecule has 1 unspecified atom stereocenters. The van der Waals surface area contributed by atoms with Crippen LogP contribution in [0.25, 0.3) is 0 Å². The van der Waals surface area contributed by atoms with Crippen LogP contribution in [0, 0.1) is 0 Å². The standard InChI is InChI=1S/C6H11O4P/c1-2-5-6(3-4-9-5)10-11(7)8/h5-6H,2-4H2,1H3/t5-,6-/m1/s1/i4T/t4-,5-,6-. The van der Waals surface area contributed by atoms with Gasteiger partial charge >= 0.3 is 8.25 Å². The zero-order valence-electron chi connectivity index (χ0n) is 7.23. The monoisotopic (exact) mass is 180 g/mol. The van der Waals surface area contributed by atoms with Gasteiger partial charge in [-0.15, -0.1) is 4.52 Å². The molecule has 1 aliphatic rings. The molecule has 1 fully saturated rings. The molecule has 1 heterocycles. The average Bonchev–Trinajstić information content (AvgIpc) is 2.29. The van der Waals surface area contributed by atoms with E-state index in [0.717, 1.165) is 0 Å². The summed E-state index contributed by atoms with van der Waals surface area (Å²) in [6, 6.07) is 0. The van der Waals surface area contributed by atoms with Crippen LogP contribution in [0.5, 0.6) is 0 Å². The Hall–Kier alpha value is -0.0200. The Morgan fingerprint density at radius 3 is 3.27 bits per heavy atom. The van der Waals surface area contributed by atoms with Crippen LogP contribution >= 0.6 is 8.25 Å². The molecule has 0 bridgehead atoms. The Morgan fingerprint density at radius 2 is 2.73 bits per heavy atom. The van der Waals surface area contributed by atoms with Gasteiger partial charge in [-0.25, -0.2) is 0 Å². The molecule has 0 amide bonds. The van der Waals surface area contributed by atoms with Crippen molar-refractivity contribution in [3.63, 3.8) is 0 Å². The Labute approximate surface area is 67.9 Å². The third-order valence-electron chi connectivity index (χ3n) is 1.64. The van der Waals surface area contributed by atoms with Crippen LogP contribution in [0.4, 0.5) is 0 Å². The normalized spacial score (nSPS) is 40.4. The predicted octanol–water partition coefficient (Wildman–Crippen LogP) is 0.588. The molecule has 4 nitrogen and oxygen atoms in total. The summed E-state index contributed by atoms with van der Waals surface area (Å²) in [5.41, 5.74) is 0. The van der Waals surface area contributed by atoms with Gasteiger partial charge in [0.05, 0.1) is 7.47 Å². The number of hydrogen-bond donors (Lipinski definition) is 0. The molecular weight excluding hydrogens is 167 g/mol. The topological polar surface area (TPSA) is 58.6 Å². The van der Waals surface area contributed by atoms with Crippen LogP contribution in [0.3, 0.4) is 0 Å². The maximum Gasteiger partial charge on any atom is 0.488 e. The van der Waals surface area contributed by atoms with Gasteiger partial charge in [0, 0.05) is 13.0 Å². The van der Waals surface area contributed by atoms with Crippen LogP contribution in [0.2, 0.25) is 0 Å². The molecule has 0 aromatic rings. The minimum atomic E-state index is -2.83. The van der Waals surface area contributed by atoms with Gasteiger partial charge in [0.15, 0.2) is 0 Å². The fourth-order valence-electron chi connectivity index (χ4n) is 1.09. The van der Waals surface area contributed by atoms with Gasteiger partial charge in [-0.05, 0) is 11.0 Å². The van der Waals surface area contributed by atoms with Crippen molar-refractivity contribution in [1.29, 1.82) is 0 Å². The van der Waals surface area contributed by atoms with Crippen molar-refractivity contribution in [2.75, 3.05) is 6.58 Å². The van der Waals surface area contributed by atoms with Crippen molar-refractivity contribution in [3.05, 3.63) is 0 Å². The molecule has 1 saturated heterocycles. The van der Waals surface area contributed by atoms with Gasteiger partial charge < -0.3 is 9.63 Å². The predicted molar refractivity (Wildman–Crippen MR) is 37.1 cm³/mol. The second-order valence-corrected chi connectivity index (χ2v) is 3.01. The zero-order valence-corrected chi connectivity index (χ0v) is 7.12. The van der Waals surface area contributed by atoms with E-state index in [1.807, 2.05) is 6.92 Å². The summed E-state index contributed by atoms with van der Waals surface area (Å²) in [6.45, 7) is 1.23.